The van der Waals surface area contributed by atoms with Crippen LogP contribution >= 0.6 is 27.5 Å². The highest BCUT2D eigenvalue weighted by Gasteiger charge is 2.16. The van der Waals surface area contributed by atoms with Gasteiger partial charge in [-0.05, 0) is 24.6 Å². The largest absolute Gasteiger partial charge is 0.345 e. The van der Waals surface area contributed by atoms with Gasteiger partial charge in [0, 0.05) is 19.8 Å². The third kappa shape index (κ3) is 4.21. The molecule has 0 aromatic heterocycles. The van der Waals surface area contributed by atoms with Crippen LogP contribution in [0.3, 0.4) is 0 Å². The fourth-order valence-electron chi connectivity index (χ4n) is 1.41. The highest BCUT2D eigenvalue weighted by molar-refractivity contribution is 9.10. The molecule has 0 heterocycles. The van der Waals surface area contributed by atoms with Crippen LogP contribution < -0.4 is 5.32 Å². The molecule has 0 fully saturated rings. The molecule has 0 aliphatic carbocycles. The van der Waals surface area contributed by atoms with Gasteiger partial charge in [0.25, 0.3) is 5.91 Å². The third-order valence-corrected chi connectivity index (χ3v) is 3.91. The van der Waals surface area contributed by atoms with Gasteiger partial charge in [-0.25, -0.2) is 0 Å². The lowest BCUT2D eigenvalue weighted by atomic mass is 10.1. The highest BCUT2D eigenvalue weighted by atomic mass is 79.9. The van der Waals surface area contributed by atoms with Crippen LogP contribution in [0.15, 0.2) is 18.2 Å². The van der Waals surface area contributed by atoms with E-state index in [0.717, 1.165) is 0 Å². The Morgan fingerprint density at radius 3 is 2.58 bits per heavy atom. The Bertz CT molecular complexity index is 492. The molecule has 1 unspecified atom stereocenters. The fraction of sp³-hybridized carbons (Fsp3) is 0.385. The van der Waals surface area contributed by atoms with E-state index >= 15 is 0 Å². The zero-order valence-electron chi connectivity index (χ0n) is 11.0. The number of benzene rings is 1. The summed E-state index contributed by atoms with van der Waals surface area (Å²) in [7, 11) is 3.30. The summed E-state index contributed by atoms with van der Waals surface area (Å²) in [4.78, 5) is 24.9. The number of carbonyl (C=O) groups is 2. The van der Waals surface area contributed by atoms with Crippen molar-refractivity contribution in [1.29, 1.82) is 0 Å². The zero-order valence-corrected chi connectivity index (χ0v) is 13.4. The van der Waals surface area contributed by atoms with Gasteiger partial charge in [-0.1, -0.05) is 34.5 Å². The van der Waals surface area contributed by atoms with Gasteiger partial charge < -0.3 is 10.2 Å². The normalized spacial score (nSPS) is 11.8. The molecule has 1 aromatic rings. The molecule has 2 amide bonds. The first-order valence-electron chi connectivity index (χ1n) is 5.83. The average molecular weight is 348 g/mol. The highest BCUT2D eigenvalue weighted by Crippen LogP contribution is 2.22. The molecule has 0 aliphatic heterocycles. The summed E-state index contributed by atoms with van der Waals surface area (Å²) in [5.41, 5.74) is 0.921. The second-order valence-corrected chi connectivity index (χ2v) is 5.77. The summed E-state index contributed by atoms with van der Waals surface area (Å²) < 4.78 is 0. The Morgan fingerprint density at radius 2 is 2.05 bits per heavy atom. The Morgan fingerprint density at radius 1 is 1.42 bits per heavy atom. The number of hydrogen-bond acceptors (Lipinski definition) is 2. The van der Waals surface area contributed by atoms with Gasteiger partial charge in [-0.2, -0.15) is 0 Å². The number of halogens is 2. The minimum atomic E-state index is -0.254. The summed E-state index contributed by atoms with van der Waals surface area (Å²) in [6.07, 6.45) is 0.683. The average Bonchev–Trinajstić information content (AvgIpc) is 2.38. The second-order valence-electron chi connectivity index (χ2n) is 4.26. The van der Waals surface area contributed by atoms with Crippen LogP contribution in [0, 0.1) is 0 Å². The number of anilines is 1. The Hall–Kier alpha value is -1.07. The number of hydrogen-bond donors (Lipinski definition) is 1. The number of nitrogens with one attached hydrogen (secondary N) is 1. The molecule has 0 saturated carbocycles. The third-order valence-electron chi connectivity index (χ3n) is 2.51. The van der Waals surface area contributed by atoms with E-state index in [2.05, 4.69) is 21.2 Å². The van der Waals surface area contributed by atoms with Gasteiger partial charge in [0.1, 0.15) is 0 Å². The van der Waals surface area contributed by atoms with E-state index in [1.165, 1.54) is 4.90 Å². The molecule has 4 nitrogen and oxygen atoms in total. The van der Waals surface area contributed by atoms with Crippen LogP contribution in [0.1, 0.15) is 23.7 Å². The van der Waals surface area contributed by atoms with Crippen molar-refractivity contribution in [3.63, 3.8) is 0 Å². The van der Waals surface area contributed by atoms with Crippen LogP contribution in [0.4, 0.5) is 5.69 Å². The van der Waals surface area contributed by atoms with Crippen molar-refractivity contribution in [3.8, 4) is 0 Å². The van der Waals surface area contributed by atoms with E-state index in [1.807, 2.05) is 6.92 Å². The number of amides is 2. The van der Waals surface area contributed by atoms with E-state index in [4.69, 9.17) is 11.6 Å². The first-order valence-corrected chi connectivity index (χ1v) is 7.12. The maximum absolute atomic E-state index is 11.9. The molecule has 0 saturated heterocycles. The molecule has 19 heavy (non-hydrogen) atoms. The molecular weight excluding hydrogens is 332 g/mol. The van der Waals surface area contributed by atoms with Crippen molar-refractivity contribution in [3.05, 3.63) is 28.8 Å². The summed E-state index contributed by atoms with van der Waals surface area (Å²) in [5, 5.41) is 3.10. The van der Waals surface area contributed by atoms with Gasteiger partial charge in [-0.3, -0.25) is 9.59 Å². The molecule has 6 heteroatoms. The van der Waals surface area contributed by atoms with Crippen LogP contribution in [-0.2, 0) is 4.79 Å². The molecule has 0 aliphatic rings. The lowest BCUT2D eigenvalue weighted by Gasteiger charge is -2.14. The van der Waals surface area contributed by atoms with Crippen LogP contribution in [0.25, 0.3) is 0 Å². The van der Waals surface area contributed by atoms with Crippen molar-refractivity contribution in [2.75, 3.05) is 19.4 Å². The van der Waals surface area contributed by atoms with E-state index < -0.39 is 0 Å². The Kier molecular flexibility index (Phi) is 5.82. The smallest absolute Gasteiger partial charge is 0.254 e. The monoisotopic (exact) mass is 346 g/mol. The molecule has 1 N–H and O–H groups in total. The molecule has 0 radical (unpaired) electrons. The molecule has 0 spiro atoms. The van der Waals surface area contributed by atoms with Crippen molar-refractivity contribution in [2.45, 2.75) is 18.2 Å². The molecule has 1 atom stereocenters. The van der Waals surface area contributed by atoms with Crippen molar-refractivity contribution in [2.24, 2.45) is 0 Å². The standard InChI is InChI=1S/C13H16BrClN2O2/c1-4-10(14)12(18)16-8-5-6-11(15)9(7-8)13(19)17(2)3/h5-7,10H,4H2,1-3H3,(H,16,18). The lowest BCUT2D eigenvalue weighted by molar-refractivity contribution is -0.115. The van der Waals surface area contributed by atoms with E-state index in [0.29, 0.717) is 22.7 Å². The molecule has 1 aromatic carbocycles. The van der Waals surface area contributed by atoms with Crippen molar-refractivity contribution in [1.82, 2.24) is 4.90 Å². The SMILES string of the molecule is CCC(Br)C(=O)Nc1ccc(Cl)c(C(=O)N(C)C)c1. The van der Waals surface area contributed by atoms with E-state index in [-0.39, 0.29) is 16.6 Å². The molecule has 1 rings (SSSR count). The van der Waals surface area contributed by atoms with Gasteiger partial charge in [0.2, 0.25) is 5.91 Å². The minimum absolute atomic E-state index is 0.145. The number of rotatable bonds is 4. The van der Waals surface area contributed by atoms with Gasteiger partial charge in [-0.15, -0.1) is 0 Å². The number of nitrogens with zero attached hydrogens (tertiary/aromatic N) is 1. The Balaban J connectivity index is 2.97. The van der Waals surface area contributed by atoms with E-state index in [1.54, 1.807) is 32.3 Å². The molecular formula is C13H16BrClN2O2. The topological polar surface area (TPSA) is 49.4 Å². The van der Waals surface area contributed by atoms with Crippen LogP contribution in [0.5, 0.6) is 0 Å². The van der Waals surface area contributed by atoms with Crippen molar-refractivity contribution < 1.29 is 9.59 Å². The van der Waals surface area contributed by atoms with Gasteiger partial charge >= 0.3 is 0 Å². The molecule has 104 valence electrons. The van der Waals surface area contributed by atoms with Crippen LogP contribution in [0.2, 0.25) is 5.02 Å². The quantitative estimate of drug-likeness (QED) is 0.851. The first-order chi connectivity index (χ1) is 8.86. The second kappa shape index (κ2) is 6.91. The number of alkyl halides is 1. The lowest BCUT2D eigenvalue weighted by Crippen LogP contribution is -2.24. The maximum Gasteiger partial charge on any atom is 0.254 e. The number of carbonyl (C=O) groups excluding carboxylic acids is 2. The van der Waals surface area contributed by atoms with E-state index in [9.17, 15) is 9.59 Å². The minimum Gasteiger partial charge on any atom is -0.345 e. The summed E-state index contributed by atoms with van der Waals surface area (Å²) in [6.45, 7) is 1.90. The van der Waals surface area contributed by atoms with Gasteiger partial charge in [0.05, 0.1) is 15.4 Å². The van der Waals surface area contributed by atoms with Crippen LogP contribution in [-0.4, -0.2) is 35.6 Å². The molecule has 0 bridgehead atoms. The maximum atomic E-state index is 11.9. The predicted molar refractivity (Wildman–Crippen MR) is 81.1 cm³/mol. The Labute approximate surface area is 126 Å². The summed E-state index contributed by atoms with van der Waals surface area (Å²) in [5.74, 6) is -0.347. The zero-order chi connectivity index (χ0) is 14.6. The summed E-state index contributed by atoms with van der Waals surface area (Å²) >= 11 is 9.26. The first kappa shape index (κ1) is 16.0. The van der Waals surface area contributed by atoms with Gasteiger partial charge in [0.15, 0.2) is 0 Å². The summed E-state index contributed by atoms with van der Waals surface area (Å²) in [6, 6.07) is 4.85. The predicted octanol–water partition coefficient (Wildman–Crippen LogP) is 3.15. The van der Waals surface area contributed by atoms with Crippen molar-refractivity contribution >= 4 is 45.0 Å². The fourth-order valence-corrected chi connectivity index (χ4v) is 1.73.